The summed E-state index contributed by atoms with van der Waals surface area (Å²) in [6.07, 6.45) is 6.42. The van der Waals surface area contributed by atoms with Gasteiger partial charge in [-0.2, -0.15) is 0 Å². The summed E-state index contributed by atoms with van der Waals surface area (Å²) in [5.74, 6) is -0.772. The summed E-state index contributed by atoms with van der Waals surface area (Å²) >= 11 is 0. The Morgan fingerprint density at radius 1 is 0.571 bits per heavy atom. The highest BCUT2D eigenvalue weighted by molar-refractivity contribution is 5.89. The van der Waals surface area contributed by atoms with Gasteiger partial charge in [0, 0.05) is 23.5 Å². The Hall–Kier alpha value is -5.10. The third-order valence-electron chi connectivity index (χ3n) is 6.57. The van der Waals surface area contributed by atoms with E-state index < -0.39 is 0 Å². The van der Waals surface area contributed by atoms with E-state index in [4.69, 9.17) is 9.47 Å². The number of carbonyl (C=O) groups excluding carboxylic acids is 2. The highest BCUT2D eigenvalue weighted by Crippen LogP contribution is 2.37. The fourth-order valence-corrected chi connectivity index (χ4v) is 4.62. The van der Waals surface area contributed by atoms with Crippen LogP contribution in [0, 0.1) is 0 Å². The molecular weight excluding hydrogens is 524 g/mol. The van der Waals surface area contributed by atoms with Crippen LogP contribution < -0.4 is 10.6 Å². The van der Waals surface area contributed by atoms with Gasteiger partial charge in [-0.1, -0.05) is 97.1 Å². The highest BCUT2D eigenvalue weighted by atomic mass is 16.5. The van der Waals surface area contributed by atoms with Crippen molar-refractivity contribution in [2.75, 3.05) is 23.8 Å². The molecule has 4 aromatic carbocycles. The Labute approximate surface area is 247 Å². The number of para-hydroxylation sites is 2. The molecule has 0 aromatic heterocycles. The molecule has 0 aliphatic heterocycles. The van der Waals surface area contributed by atoms with Gasteiger partial charge in [-0.05, 0) is 60.4 Å². The minimum atomic E-state index is -0.386. The van der Waals surface area contributed by atoms with Crippen molar-refractivity contribution in [1.82, 2.24) is 0 Å². The molecule has 2 N–H and O–H groups in total. The second-order valence-corrected chi connectivity index (χ2v) is 9.41. The fraction of sp³-hybridized carbons (Fsp3) is 0.167. The van der Waals surface area contributed by atoms with Gasteiger partial charge in [0.2, 0.25) is 0 Å². The number of benzene rings is 4. The standard InChI is InChI=1S/C36H36N2O4/c1-3-41-33(39)25-23-27-15-11-13-21-31(27)37-35(29-17-7-5-8-18-29)36(30-19-9-6-10-20-30)38-32-22-14-12-16-28(32)24-26-34(40)42-4-2/h5-26,35-38H,3-4H2,1-2H3/b25-23+,26-24+. The topological polar surface area (TPSA) is 76.7 Å². The number of esters is 2. The van der Waals surface area contributed by atoms with E-state index >= 15 is 0 Å². The van der Waals surface area contributed by atoms with Crippen molar-refractivity contribution in [3.8, 4) is 0 Å². The molecule has 0 saturated carbocycles. The molecule has 0 spiro atoms. The van der Waals surface area contributed by atoms with E-state index in [9.17, 15) is 9.59 Å². The molecule has 0 radical (unpaired) electrons. The number of rotatable bonds is 13. The quantitative estimate of drug-likeness (QED) is 0.128. The molecule has 2 atom stereocenters. The molecule has 0 amide bonds. The number of hydrogen-bond acceptors (Lipinski definition) is 6. The summed E-state index contributed by atoms with van der Waals surface area (Å²) in [6, 6.07) is 35.7. The average molecular weight is 561 g/mol. The lowest BCUT2D eigenvalue weighted by molar-refractivity contribution is -0.138. The number of carbonyl (C=O) groups is 2. The Morgan fingerprint density at radius 3 is 1.31 bits per heavy atom. The molecule has 6 nitrogen and oxygen atoms in total. The molecule has 0 fully saturated rings. The van der Waals surface area contributed by atoms with Crippen molar-refractivity contribution < 1.29 is 19.1 Å². The van der Waals surface area contributed by atoms with Gasteiger partial charge in [-0.15, -0.1) is 0 Å². The fourth-order valence-electron chi connectivity index (χ4n) is 4.62. The lowest BCUT2D eigenvalue weighted by Gasteiger charge is -2.32. The summed E-state index contributed by atoms with van der Waals surface area (Å²) in [7, 11) is 0. The molecule has 0 aliphatic carbocycles. The summed E-state index contributed by atoms with van der Waals surface area (Å²) in [5.41, 5.74) is 5.59. The van der Waals surface area contributed by atoms with Crippen LogP contribution in [0.3, 0.4) is 0 Å². The monoisotopic (exact) mass is 560 g/mol. The van der Waals surface area contributed by atoms with Gasteiger partial charge >= 0.3 is 11.9 Å². The lowest BCUT2D eigenvalue weighted by atomic mass is 9.92. The second-order valence-electron chi connectivity index (χ2n) is 9.41. The predicted molar refractivity (Wildman–Crippen MR) is 170 cm³/mol. The Balaban J connectivity index is 1.76. The highest BCUT2D eigenvalue weighted by Gasteiger charge is 2.26. The first kappa shape index (κ1) is 29.9. The third kappa shape index (κ3) is 8.45. The van der Waals surface area contributed by atoms with Crippen molar-refractivity contribution in [2.24, 2.45) is 0 Å². The van der Waals surface area contributed by atoms with Crippen molar-refractivity contribution in [2.45, 2.75) is 25.9 Å². The summed E-state index contributed by atoms with van der Waals surface area (Å²) in [5, 5.41) is 7.53. The smallest absolute Gasteiger partial charge is 0.330 e. The van der Waals surface area contributed by atoms with Crippen LogP contribution in [0.25, 0.3) is 12.2 Å². The number of anilines is 2. The van der Waals surface area contributed by atoms with Crippen LogP contribution in [0.1, 0.15) is 48.2 Å². The number of nitrogens with one attached hydrogen (secondary N) is 2. The minimum Gasteiger partial charge on any atom is -0.463 e. The zero-order valence-electron chi connectivity index (χ0n) is 23.9. The normalized spacial score (nSPS) is 12.5. The SMILES string of the molecule is CCOC(=O)/C=C/c1ccccc1NC(c1ccccc1)C(Nc1ccccc1/C=C/C(=O)OCC)c1ccccc1. The van der Waals surface area contributed by atoms with Crippen LogP contribution in [-0.2, 0) is 19.1 Å². The van der Waals surface area contributed by atoms with E-state index in [-0.39, 0.29) is 24.0 Å². The van der Waals surface area contributed by atoms with Gasteiger partial charge in [0.1, 0.15) is 0 Å². The Bertz CT molecular complexity index is 1380. The maximum Gasteiger partial charge on any atom is 0.330 e. The zero-order chi connectivity index (χ0) is 29.6. The molecule has 0 aliphatic rings. The molecule has 4 aromatic rings. The van der Waals surface area contributed by atoms with Crippen molar-refractivity contribution in [3.63, 3.8) is 0 Å². The van der Waals surface area contributed by atoms with Gasteiger partial charge in [0.15, 0.2) is 0 Å². The first-order chi connectivity index (χ1) is 20.6. The molecular formula is C36H36N2O4. The predicted octanol–water partition coefficient (Wildman–Crippen LogP) is 7.85. The summed E-state index contributed by atoms with van der Waals surface area (Å²) in [4.78, 5) is 24.1. The maximum atomic E-state index is 12.1. The van der Waals surface area contributed by atoms with Crippen LogP contribution in [0.15, 0.2) is 121 Å². The van der Waals surface area contributed by atoms with Gasteiger partial charge in [0.05, 0.1) is 25.3 Å². The molecule has 0 saturated heterocycles. The van der Waals surface area contributed by atoms with E-state index in [1.54, 1.807) is 26.0 Å². The minimum absolute atomic E-state index is 0.229. The van der Waals surface area contributed by atoms with Crippen LogP contribution in [0.5, 0.6) is 0 Å². The Morgan fingerprint density at radius 2 is 0.929 bits per heavy atom. The molecule has 2 unspecified atom stereocenters. The van der Waals surface area contributed by atoms with Gasteiger partial charge in [0.25, 0.3) is 0 Å². The first-order valence-electron chi connectivity index (χ1n) is 14.1. The molecule has 6 heteroatoms. The maximum absolute atomic E-state index is 12.1. The zero-order valence-corrected chi connectivity index (χ0v) is 23.9. The summed E-state index contributed by atoms with van der Waals surface area (Å²) < 4.78 is 10.2. The molecule has 214 valence electrons. The van der Waals surface area contributed by atoms with Gasteiger partial charge < -0.3 is 20.1 Å². The first-order valence-corrected chi connectivity index (χ1v) is 14.1. The van der Waals surface area contributed by atoms with E-state index in [0.29, 0.717) is 13.2 Å². The van der Waals surface area contributed by atoms with Crippen LogP contribution in [0.4, 0.5) is 11.4 Å². The van der Waals surface area contributed by atoms with E-state index in [2.05, 4.69) is 34.9 Å². The Kier molecular flexibility index (Phi) is 11.1. The summed E-state index contributed by atoms with van der Waals surface area (Å²) in [6.45, 7) is 4.21. The van der Waals surface area contributed by atoms with Gasteiger partial charge in [-0.3, -0.25) is 0 Å². The van der Waals surface area contributed by atoms with Gasteiger partial charge in [-0.25, -0.2) is 9.59 Å². The van der Waals surface area contributed by atoms with Crippen LogP contribution in [0.2, 0.25) is 0 Å². The van der Waals surface area contributed by atoms with Crippen LogP contribution >= 0.6 is 0 Å². The number of hydrogen-bond donors (Lipinski definition) is 2. The molecule has 4 rings (SSSR count). The second kappa shape index (κ2) is 15.6. The molecule has 0 bridgehead atoms. The van der Waals surface area contributed by atoms with Crippen molar-refractivity contribution in [1.29, 1.82) is 0 Å². The van der Waals surface area contributed by atoms with Crippen molar-refractivity contribution >= 4 is 35.5 Å². The average Bonchev–Trinajstić information content (AvgIpc) is 3.03. The van der Waals surface area contributed by atoms with Crippen molar-refractivity contribution in [3.05, 3.63) is 144 Å². The van der Waals surface area contributed by atoms with E-state index in [1.807, 2.05) is 84.9 Å². The van der Waals surface area contributed by atoms with Crippen LogP contribution in [-0.4, -0.2) is 25.2 Å². The molecule has 0 heterocycles. The lowest BCUT2D eigenvalue weighted by Crippen LogP contribution is -2.26. The number of ether oxygens (including phenoxy) is 2. The third-order valence-corrected chi connectivity index (χ3v) is 6.57. The largest absolute Gasteiger partial charge is 0.463 e. The van der Waals surface area contributed by atoms with E-state index in [1.165, 1.54) is 12.2 Å². The molecule has 42 heavy (non-hydrogen) atoms. The van der Waals surface area contributed by atoms with E-state index in [0.717, 1.165) is 33.6 Å².